The monoisotopic (exact) mass is 402 g/mol. The van der Waals surface area contributed by atoms with Crippen LogP contribution in [-0.2, 0) is 0 Å². The van der Waals surface area contributed by atoms with Gasteiger partial charge in [0.15, 0.2) is 0 Å². The lowest BCUT2D eigenvalue weighted by molar-refractivity contribution is 0.0651. The van der Waals surface area contributed by atoms with Crippen molar-refractivity contribution >= 4 is 0 Å². The van der Waals surface area contributed by atoms with Crippen LogP contribution in [0.2, 0.25) is 0 Å². The van der Waals surface area contributed by atoms with Gasteiger partial charge in [-0.1, -0.05) is 44.1 Å². The number of fused-ring (bicyclic) bond motifs is 1. The molecule has 0 saturated heterocycles. The summed E-state index contributed by atoms with van der Waals surface area (Å²) in [6.45, 7) is 10.3. The minimum absolute atomic E-state index is 0.407. The molecule has 3 N–H and O–H groups in total. The summed E-state index contributed by atoms with van der Waals surface area (Å²) in [7, 11) is 0. The second kappa shape index (κ2) is 9.49. The highest BCUT2D eigenvalue weighted by Crippen LogP contribution is 2.51. The van der Waals surface area contributed by atoms with Gasteiger partial charge < -0.3 is 15.3 Å². The van der Waals surface area contributed by atoms with Gasteiger partial charge in [0.2, 0.25) is 0 Å². The molecule has 3 nitrogen and oxygen atoms in total. The van der Waals surface area contributed by atoms with Crippen LogP contribution in [-0.4, -0.2) is 33.1 Å². The first kappa shape index (κ1) is 22.8. The minimum Gasteiger partial charge on any atom is -0.393 e. The molecule has 3 heteroatoms. The third-order valence-electron chi connectivity index (χ3n) is 7.80. The molecule has 0 aromatic carbocycles. The third kappa shape index (κ3) is 5.83. The Kier molecular flexibility index (Phi) is 7.46. The van der Waals surface area contributed by atoms with Crippen molar-refractivity contribution in [3.63, 3.8) is 0 Å². The van der Waals surface area contributed by atoms with E-state index in [2.05, 4.69) is 25.7 Å². The molecule has 6 atom stereocenters. The topological polar surface area (TPSA) is 60.7 Å². The molecule has 3 fully saturated rings. The second-order valence-corrected chi connectivity index (χ2v) is 10.7. The van der Waals surface area contributed by atoms with Gasteiger partial charge in [-0.3, -0.25) is 0 Å². The largest absolute Gasteiger partial charge is 0.393 e. The lowest BCUT2D eigenvalue weighted by Gasteiger charge is -2.34. The molecule has 0 amide bonds. The van der Waals surface area contributed by atoms with E-state index in [-0.39, 0.29) is 0 Å². The molecule has 0 spiro atoms. The van der Waals surface area contributed by atoms with E-state index in [0.29, 0.717) is 18.8 Å². The fourth-order valence-corrected chi connectivity index (χ4v) is 6.15. The van der Waals surface area contributed by atoms with E-state index >= 15 is 0 Å². The summed E-state index contributed by atoms with van der Waals surface area (Å²) < 4.78 is 0. The maximum Gasteiger partial charge on any atom is 0.0811 e. The molecule has 0 radical (unpaired) electrons. The van der Waals surface area contributed by atoms with Crippen molar-refractivity contribution in [1.29, 1.82) is 0 Å². The summed E-state index contributed by atoms with van der Waals surface area (Å²) in [5, 5.41) is 30.1. The Bertz CT molecular complexity index is 639. The molecule has 3 rings (SSSR count). The normalized spacial score (nSPS) is 37.2. The smallest absolute Gasteiger partial charge is 0.0811 e. The van der Waals surface area contributed by atoms with Crippen LogP contribution in [0, 0.1) is 23.7 Å². The van der Waals surface area contributed by atoms with Crippen LogP contribution in [0.25, 0.3) is 0 Å². The predicted octanol–water partition coefficient (Wildman–Crippen LogP) is 5.31. The number of hydrogen-bond acceptors (Lipinski definition) is 3. The van der Waals surface area contributed by atoms with Gasteiger partial charge in [-0.25, -0.2) is 0 Å². The first-order chi connectivity index (χ1) is 13.7. The minimum atomic E-state index is -0.608. The van der Waals surface area contributed by atoms with Crippen molar-refractivity contribution in [1.82, 2.24) is 0 Å². The number of rotatable bonds is 6. The van der Waals surface area contributed by atoms with Crippen molar-refractivity contribution in [2.75, 3.05) is 0 Å². The molecule has 0 bridgehead atoms. The Balaban J connectivity index is 1.63. The molecule has 164 valence electrons. The summed E-state index contributed by atoms with van der Waals surface area (Å²) in [5.74, 6) is 3.05. The predicted molar refractivity (Wildman–Crippen MR) is 119 cm³/mol. The highest BCUT2D eigenvalue weighted by atomic mass is 16.3. The van der Waals surface area contributed by atoms with Gasteiger partial charge in [-0.2, -0.15) is 0 Å². The Morgan fingerprint density at radius 2 is 1.93 bits per heavy atom. The maximum absolute atomic E-state index is 10.1. The zero-order valence-corrected chi connectivity index (χ0v) is 18.7. The molecule has 3 saturated carbocycles. The Labute approximate surface area is 177 Å². The number of aliphatic hydroxyl groups is 3. The molecule has 0 heterocycles. The van der Waals surface area contributed by atoms with E-state index in [9.17, 15) is 15.3 Å². The first-order valence-electron chi connectivity index (χ1n) is 11.8. The van der Waals surface area contributed by atoms with Crippen LogP contribution in [0.5, 0.6) is 0 Å². The number of allylic oxidation sites excluding steroid dienone is 3. The SMILES string of the molecule is C=C1/C(=C/C=C2\CCC[C@@H]3[C@@H](C(C)CCCC(C)(C)O)CC[C@@H]23)C[C@@H](O)C[C@@H]1O. The van der Waals surface area contributed by atoms with Gasteiger partial charge in [0.1, 0.15) is 0 Å². The van der Waals surface area contributed by atoms with Crippen LogP contribution in [0.4, 0.5) is 0 Å². The van der Waals surface area contributed by atoms with Crippen LogP contribution >= 0.6 is 0 Å². The molecule has 1 unspecified atom stereocenters. The van der Waals surface area contributed by atoms with Crippen molar-refractivity contribution in [2.45, 2.75) is 103 Å². The van der Waals surface area contributed by atoms with Gasteiger partial charge in [-0.05, 0) is 93.6 Å². The average Bonchev–Trinajstić information content (AvgIpc) is 3.07. The van der Waals surface area contributed by atoms with E-state index in [0.717, 1.165) is 41.7 Å². The van der Waals surface area contributed by atoms with Crippen molar-refractivity contribution in [3.8, 4) is 0 Å². The highest BCUT2D eigenvalue weighted by molar-refractivity contribution is 5.38. The summed E-state index contributed by atoms with van der Waals surface area (Å²) in [6, 6.07) is 0. The quantitative estimate of drug-likeness (QED) is 0.564. The summed E-state index contributed by atoms with van der Waals surface area (Å²) in [5.41, 5.74) is 2.82. The number of hydrogen-bond donors (Lipinski definition) is 3. The Hall–Kier alpha value is -0.900. The Morgan fingerprint density at radius 1 is 1.17 bits per heavy atom. The van der Waals surface area contributed by atoms with Gasteiger partial charge in [0, 0.05) is 6.42 Å². The summed E-state index contributed by atoms with van der Waals surface area (Å²) in [6.07, 6.45) is 14.0. The average molecular weight is 403 g/mol. The zero-order chi connectivity index (χ0) is 21.2. The van der Waals surface area contributed by atoms with Crippen LogP contribution in [0.3, 0.4) is 0 Å². The molecule has 0 aromatic rings. The lowest BCUT2D eigenvalue weighted by Crippen LogP contribution is -2.27. The molecule has 29 heavy (non-hydrogen) atoms. The van der Waals surface area contributed by atoms with E-state index in [1.54, 1.807) is 5.57 Å². The van der Waals surface area contributed by atoms with E-state index < -0.39 is 17.8 Å². The van der Waals surface area contributed by atoms with Gasteiger partial charge in [0.25, 0.3) is 0 Å². The van der Waals surface area contributed by atoms with Gasteiger partial charge in [-0.15, -0.1) is 0 Å². The van der Waals surface area contributed by atoms with Crippen molar-refractivity contribution < 1.29 is 15.3 Å². The molecule has 0 aromatic heterocycles. The molecule has 3 aliphatic rings. The standard InChI is InChI=1S/C26H42O3/c1-17(7-6-14-26(3,4)29)22-12-13-23-19(8-5-9-24(22)23)10-11-20-15-21(27)16-25(28)18(20)2/h10-11,17,21-25,27-29H,2,5-9,12-16H2,1,3-4H3/b19-10+,20-11+/t17?,21-,22-,23+,24-,25+/m1/s1. The summed E-state index contributed by atoms with van der Waals surface area (Å²) in [4.78, 5) is 0. The van der Waals surface area contributed by atoms with Crippen LogP contribution in [0.15, 0.2) is 35.5 Å². The Morgan fingerprint density at radius 3 is 2.66 bits per heavy atom. The van der Waals surface area contributed by atoms with E-state index in [1.807, 2.05) is 13.8 Å². The lowest BCUT2D eigenvalue weighted by atomic mass is 9.71. The maximum atomic E-state index is 10.1. The second-order valence-electron chi connectivity index (χ2n) is 10.7. The molecule has 3 aliphatic carbocycles. The number of aliphatic hydroxyl groups excluding tert-OH is 2. The molecule has 0 aliphatic heterocycles. The van der Waals surface area contributed by atoms with Crippen molar-refractivity contribution in [3.05, 3.63) is 35.5 Å². The molecular formula is C26H42O3. The van der Waals surface area contributed by atoms with Crippen molar-refractivity contribution in [2.24, 2.45) is 23.7 Å². The van der Waals surface area contributed by atoms with Crippen LogP contribution in [0.1, 0.15) is 85.0 Å². The van der Waals surface area contributed by atoms with Gasteiger partial charge in [0.05, 0.1) is 17.8 Å². The van der Waals surface area contributed by atoms with E-state index in [4.69, 9.17) is 0 Å². The first-order valence-corrected chi connectivity index (χ1v) is 11.8. The van der Waals surface area contributed by atoms with E-state index in [1.165, 1.54) is 38.5 Å². The zero-order valence-electron chi connectivity index (χ0n) is 18.7. The molecular weight excluding hydrogens is 360 g/mol. The highest BCUT2D eigenvalue weighted by Gasteiger charge is 2.41. The third-order valence-corrected chi connectivity index (χ3v) is 7.80. The summed E-state index contributed by atoms with van der Waals surface area (Å²) >= 11 is 0. The fraction of sp³-hybridized carbons (Fsp3) is 0.769. The van der Waals surface area contributed by atoms with Gasteiger partial charge >= 0.3 is 0 Å². The van der Waals surface area contributed by atoms with Crippen LogP contribution < -0.4 is 0 Å². The fourth-order valence-electron chi connectivity index (χ4n) is 6.15.